The average Bonchev–Trinajstić information content (AvgIpc) is 1.59. The van der Waals surface area contributed by atoms with E-state index in [1.54, 1.807) is 0 Å². The summed E-state index contributed by atoms with van der Waals surface area (Å²) in [5.74, 6) is 0.326. The van der Waals surface area contributed by atoms with Crippen LogP contribution >= 0.6 is 7.60 Å². The van der Waals surface area contributed by atoms with Crippen LogP contribution in [0.1, 0.15) is 0 Å². The number of nitrogens with zero attached hydrogens (tertiary/aromatic N) is 1. The highest BCUT2D eigenvalue weighted by molar-refractivity contribution is 7.52. The summed E-state index contributed by atoms with van der Waals surface area (Å²) in [5.41, 5.74) is 0. The molecule has 0 atom stereocenters. The maximum atomic E-state index is 9.62. The number of hydrogen-bond donors (Lipinski definition) is 0. The molecule has 0 radical (unpaired) electrons. The van der Waals surface area contributed by atoms with Crippen LogP contribution in [0.4, 0.5) is 0 Å². The first kappa shape index (κ1) is 7.38. The molecule has 0 aromatic rings. The minimum Gasteiger partial charge on any atom is -0.808 e. The molecule has 0 rings (SSSR count). The summed E-state index contributed by atoms with van der Waals surface area (Å²) < 4.78 is 9.62. The molecule has 0 amide bonds. The Labute approximate surface area is 46.2 Å². The molecule has 0 fully saturated rings. The van der Waals surface area contributed by atoms with Crippen molar-refractivity contribution in [3.8, 4) is 6.07 Å². The normalized spacial score (nSPS) is 11.6. The topological polar surface area (TPSA) is 87.0 Å². The molecule has 0 aromatic heterocycles. The standard InChI is InChI=1S/C3H4NO3P/c4-2-1-3-8(5,6)7/h1,3H,(H2,5,6,7)/p-2. The van der Waals surface area contributed by atoms with Gasteiger partial charge in [-0.1, -0.05) is 0 Å². The maximum Gasteiger partial charge on any atom is 0.0912 e. The summed E-state index contributed by atoms with van der Waals surface area (Å²) >= 11 is 0. The van der Waals surface area contributed by atoms with Crippen LogP contribution in [0, 0.1) is 11.3 Å². The predicted molar refractivity (Wildman–Crippen MR) is 22.4 cm³/mol. The van der Waals surface area contributed by atoms with E-state index >= 15 is 0 Å². The Balaban J connectivity index is 3.96. The highest BCUT2D eigenvalue weighted by Gasteiger charge is 1.75. The van der Waals surface area contributed by atoms with Gasteiger partial charge in [0.15, 0.2) is 0 Å². The first-order chi connectivity index (χ1) is 3.56. The summed E-state index contributed by atoms with van der Waals surface area (Å²) in [6.45, 7) is 0. The van der Waals surface area contributed by atoms with Crippen molar-refractivity contribution in [2.75, 3.05) is 0 Å². The molecule has 44 valence electrons. The van der Waals surface area contributed by atoms with Gasteiger partial charge in [0, 0.05) is 6.08 Å². The Kier molecular flexibility index (Phi) is 2.43. The summed E-state index contributed by atoms with van der Waals surface area (Å²) in [5, 5.41) is 7.69. The van der Waals surface area contributed by atoms with Crippen LogP contribution in [0.25, 0.3) is 0 Å². The summed E-state index contributed by atoms with van der Waals surface area (Å²) in [7, 11) is -4.59. The van der Waals surface area contributed by atoms with E-state index in [9.17, 15) is 14.4 Å². The Morgan fingerprint density at radius 2 is 2.12 bits per heavy atom. The van der Waals surface area contributed by atoms with Crippen molar-refractivity contribution in [1.29, 1.82) is 5.26 Å². The predicted octanol–water partition coefficient (Wildman–Crippen LogP) is -1.06. The summed E-state index contributed by atoms with van der Waals surface area (Å²) in [4.78, 5) is 19.2. The van der Waals surface area contributed by atoms with Crippen molar-refractivity contribution in [3.05, 3.63) is 11.9 Å². The maximum absolute atomic E-state index is 9.62. The van der Waals surface area contributed by atoms with Crippen LogP contribution in [-0.2, 0) is 4.57 Å². The molecule has 0 unspecified atom stereocenters. The fourth-order valence-electron chi connectivity index (χ4n) is 0.125. The van der Waals surface area contributed by atoms with Gasteiger partial charge in [-0.3, -0.25) is 0 Å². The van der Waals surface area contributed by atoms with E-state index in [1.165, 1.54) is 6.07 Å². The van der Waals surface area contributed by atoms with Crippen LogP contribution in [0.3, 0.4) is 0 Å². The van der Waals surface area contributed by atoms with Crippen molar-refractivity contribution >= 4 is 7.60 Å². The van der Waals surface area contributed by atoms with E-state index in [0.29, 0.717) is 11.9 Å². The Hall–Kier alpha value is -0.620. The Morgan fingerprint density at radius 3 is 2.25 bits per heavy atom. The highest BCUT2D eigenvalue weighted by atomic mass is 31.2. The fourth-order valence-corrected chi connectivity index (χ4v) is 0.374. The van der Waals surface area contributed by atoms with E-state index in [0.717, 1.165) is 0 Å². The minimum absolute atomic E-state index is 0.326. The molecule has 0 aliphatic rings. The van der Waals surface area contributed by atoms with Crippen LogP contribution in [0.5, 0.6) is 0 Å². The van der Waals surface area contributed by atoms with Crippen molar-refractivity contribution in [3.63, 3.8) is 0 Å². The van der Waals surface area contributed by atoms with E-state index in [1.807, 2.05) is 0 Å². The summed E-state index contributed by atoms with van der Waals surface area (Å²) in [6, 6.07) is 1.37. The smallest absolute Gasteiger partial charge is 0.0912 e. The molecular formula is C3H2NO3P-2. The lowest BCUT2D eigenvalue weighted by molar-refractivity contribution is -0.308. The van der Waals surface area contributed by atoms with Gasteiger partial charge in [-0.25, -0.2) is 0 Å². The lowest BCUT2D eigenvalue weighted by atomic mass is 10.7. The molecular weight excluding hydrogens is 129 g/mol. The Morgan fingerprint density at radius 1 is 1.62 bits per heavy atom. The van der Waals surface area contributed by atoms with Crippen molar-refractivity contribution in [2.24, 2.45) is 0 Å². The molecule has 4 nitrogen and oxygen atoms in total. The van der Waals surface area contributed by atoms with Gasteiger partial charge in [0.05, 0.1) is 6.07 Å². The van der Waals surface area contributed by atoms with Gasteiger partial charge < -0.3 is 14.4 Å². The lowest BCUT2D eigenvalue weighted by Crippen LogP contribution is -2.10. The molecule has 0 saturated heterocycles. The van der Waals surface area contributed by atoms with Gasteiger partial charge in [-0.2, -0.15) is 5.26 Å². The third-order valence-corrected chi connectivity index (χ3v) is 0.846. The van der Waals surface area contributed by atoms with E-state index in [2.05, 4.69) is 0 Å². The molecule has 5 heteroatoms. The summed E-state index contributed by atoms with van der Waals surface area (Å²) in [6.07, 6.45) is 0.626. The van der Waals surface area contributed by atoms with E-state index < -0.39 is 7.60 Å². The van der Waals surface area contributed by atoms with Gasteiger partial charge in [-0.05, 0) is 13.4 Å². The van der Waals surface area contributed by atoms with Gasteiger partial charge >= 0.3 is 0 Å². The SMILES string of the molecule is N#CC=CP(=O)([O-])[O-]. The number of nitriles is 1. The first-order valence-corrected chi connectivity index (χ1v) is 3.26. The molecule has 8 heavy (non-hydrogen) atoms. The highest BCUT2D eigenvalue weighted by Crippen LogP contribution is 2.23. The van der Waals surface area contributed by atoms with Crippen LogP contribution < -0.4 is 9.79 Å². The molecule has 0 saturated carbocycles. The first-order valence-electron chi connectivity index (χ1n) is 1.65. The minimum atomic E-state index is -4.59. The van der Waals surface area contributed by atoms with Gasteiger partial charge in [0.2, 0.25) is 0 Å². The third kappa shape index (κ3) is 5.38. The number of hydrogen-bond acceptors (Lipinski definition) is 4. The molecule has 0 aliphatic heterocycles. The Bertz CT molecular complexity index is 173. The lowest BCUT2D eigenvalue weighted by Gasteiger charge is -2.23. The van der Waals surface area contributed by atoms with Crippen molar-refractivity contribution < 1.29 is 14.4 Å². The average molecular weight is 131 g/mol. The second-order valence-corrected chi connectivity index (χ2v) is 2.36. The quantitative estimate of drug-likeness (QED) is 0.335. The molecule has 0 spiro atoms. The van der Waals surface area contributed by atoms with E-state index in [4.69, 9.17) is 5.26 Å². The van der Waals surface area contributed by atoms with Crippen LogP contribution in [0.2, 0.25) is 0 Å². The molecule has 0 aromatic carbocycles. The van der Waals surface area contributed by atoms with Crippen LogP contribution in [0.15, 0.2) is 11.9 Å². The van der Waals surface area contributed by atoms with E-state index in [-0.39, 0.29) is 0 Å². The molecule has 0 aliphatic carbocycles. The monoisotopic (exact) mass is 131 g/mol. The van der Waals surface area contributed by atoms with Gasteiger partial charge in [0.25, 0.3) is 0 Å². The largest absolute Gasteiger partial charge is 0.808 e. The van der Waals surface area contributed by atoms with Crippen molar-refractivity contribution in [1.82, 2.24) is 0 Å². The molecule has 0 heterocycles. The molecule has 0 bridgehead atoms. The zero-order valence-electron chi connectivity index (χ0n) is 3.77. The van der Waals surface area contributed by atoms with Gasteiger partial charge in [0.1, 0.15) is 0 Å². The zero-order valence-corrected chi connectivity index (χ0v) is 4.67. The zero-order chi connectivity index (χ0) is 6.62. The number of rotatable bonds is 1. The van der Waals surface area contributed by atoms with Crippen LogP contribution in [-0.4, -0.2) is 0 Å². The fraction of sp³-hybridized carbons (Fsp3) is 0. The number of allylic oxidation sites excluding steroid dienone is 1. The van der Waals surface area contributed by atoms with Gasteiger partial charge in [-0.15, -0.1) is 0 Å². The molecule has 0 N–H and O–H groups in total. The second-order valence-electron chi connectivity index (χ2n) is 0.985. The van der Waals surface area contributed by atoms with Crippen molar-refractivity contribution in [2.45, 2.75) is 0 Å². The second kappa shape index (κ2) is 2.63. The third-order valence-electron chi connectivity index (χ3n) is 0.332.